The van der Waals surface area contributed by atoms with E-state index in [2.05, 4.69) is 69.3 Å². The Bertz CT molecular complexity index is 819. The van der Waals surface area contributed by atoms with Crippen LogP contribution in [-0.2, 0) is 14.9 Å². The Morgan fingerprint density at radius 3 is 1.50 bits per heavy atom. The van der Waals surface area contributed by atoms with Crippen molar-refractivity contribution in [3.8, 4) is 11.5 Å². The maximum Gasteiger partial charge on any atom is 0.119 e. The summed E-state index contributed by atoms with van der Waals surface area (Å²) in [5.41, 5.74) is 3.18. The largest absolute Gasteiger partial charge is 0.491 e. The lowest BCUT2D eigenvalue weighted by Crippen LogP contribution is -2.36. The Hall–Kier alpha value is -2.04. The van der Waals surface area contributed by atoms with Gasteiger partial charge in [0.05, 0.1) is 13.2 Å². The fraction of sp³-hybridized carbons (Fsp3) is 0.571. The molecule has 2 unspecified atom stereocenters. The van der Waals surface area contributed by atoms with E-state index >= 15 is 0 Å². The summed E-state index contributed by atoms with van der Waals surface area (Å²) in [5.74, 6) is 2.61. The van der Waals surface area contributed by atoms with Crippen LogP contribution in [0.15, 0.2) is 48.5 Å². The summed E-state index contributed by atoms with van der Waals surface area (Å²) in [6.07, 6.45) is 5.39. The molecule has 4 heteroatoms. The van der Waals surface area contributed by atoms with Crippen LogP contribution in [0.2, 0.25) is 0 Å². The van der Waals surface area contributed by atoms with Crippen LogP contribution < -0.4 is 9.47 Å². The summed E-state index contributed by atoms with van der Waals surface area (Å²) in [4.78, 5) is 0. The highest BCUT2D eigenvalue weighted by Gasteiger charge is 2.41. The molecule has 2 aliphatic heterocycles. The van der Waals surface area contributed by atoms with Gasteiger partial charge in [-0.15, -0.1) is 0 Å². The second kappa shape index (κ2) is 8.72. The molecule has 5 rings (SSSR count). The zero-order chi connectivity index (χ0) is 22.2. The third-order valence-corrected chi connectivity index (χ3v) is 7.55. The van der Waals surface area contributed by atoms with Gasteiger partial charge in [0.1, 0.15) is 36.9 Å². The second-order valence-electron chi connectivity index (χ2n) is 10.8. The monoisotopic (exact) mass is 436 g/mol. The molecule has 0 amide bonds. The van der Waals surface area contributed by atoms with Gasteiger partial charge in [-0.3, -0.25) is 0 Å². The van der Waals surface area contributed by atoms with Gasteiger partial charge in [-0.05, 0) is 72.4 Å². The molecule has 0 spiro atoms. The van der Waals surface area contributed by atoms with Gasteiger partial charge in [0.15, 0.2) is 0 Å². The SMILES string of the molecule is CC(C)(C)C1CCC(c2ccc(OCC3CO3)cc2)(c2ccc(OCC3CO3)cc2)CC1. The molecule has 1 aliphatic carbocycles. The van der Waals surface area contributed by atoms with Crippen molar-refractivity contribution in [2.45, 2.75) is 64.1 Å². The Labute approximate surface area is 192 Å². The van der Waals surface area contributed by atoms with Gasteiger partial charge in [0.2, 0.25) is 0 Å². The van der Waals surface area contributed by atoms with E-state index in [9.17, 15) is 0 Å². The molecular formula is C28H36O4. The summed E-state index contributed by atoms with van der Waals surface area (Å²) in [5, 5.41) is 0. The van der Waals surface area contributed by atoms with E-state index in [0.29, 0.717) is 18.6 Å². The number of epoxide rings is 2. The highest BCUT2D eigenvalue weighted by Crippen LogP contribution is 2.50. The van der Waals surface area contributed by atoms with Gasteiger partial charge in [-0.2, -0.15) is 0 Å². The van der Waals surface area contributed by atoms with Crippen LogP contribution in [-0.4, -0.2) is 38.6 Å². The van der Waals surface area contributed by atoms with Gasteiger partial charge >= 0.3 is 0 Å². The van der Waals surface area contributed by atoms with Gasteiger partial charge in [0, 0.05) is 5.41 Å². The maximum atomic E-state index is 5.89. The van der Waals surface area contributed by atoms with Crippen LogP contribution in [0.3, 0.4) is 0 Å². The summed E-state index contributed by atoms with van der Waals surface area (Å²) < 4.78 is 22.3. The molecule has 3 fully saturated rings. The zero-order valence-electron chi connectivity index (χ0n) is 19.6. The van der Waals surface area contributed by atoms with Gasteiger partial charge in [-0.25, -0.2) is 0 Å². The smallest absolute Gasteiger partial charge is 0.119 e. The average molecular weight is 437 g/mol. The molecule has 0 bridgehead atoms. The predicted molar refractivity (Wildman–Crippen MR) is 126 cm³/mol. The van der Waals surface area contributed by atoms with Crippen molar-refractivity contribution in [2.75, 3.05) is 26.4 Å². The standard InChI is InChI=1S/C28H36O4/c1-27(2,3)20-12-14-28(15-13-20,21-4-8-23(9-5-21)29-16-25-18-31-25)22-6-10-24(11-7-22)30-17-26-19-32-26/h4-11,20,25-26H,12-19H2,1-3H3. The topological polar surface area (TPSA) is 43.5 Å². The fourth-order valence-corrected chi connectivity index (χ4v) is 5.17. The molecule has 0 aromatic heterocycles. The third-order valence-electron chi connectivity index (χ3n) is 7.55. The van der Waals surface area contributed by atoms with Crippen molar-refractivity contribution in [1.82, 2.24) is 0 Å². The average Bonchev–Trinajstić information content (AvgIpc) is 3.71. The molecular weight excluding hydrogens is 400 g/mol. The molecule has 1 saturated carbocycles. The quantitative estimate of drug-likeness (QED) is 0.493. The Kier molecular flexibility index (Phi) is 5.94. The van der Waals surface area contributed by atoms with Gasteiger partial charge in [0.25, 0.3) is 0 Å². The lowest BCUT2D eigenvalue weighted by molar-refractivity contribution is 0.146. The summed E-state index contributed by atoms with van der Waals surface area (Å²) in [6, 6.07) is 17.6. The molecule has 172 valence electrons. The molecule has 2 heterocycles. The van der Waals surface area contributed by atoms with E-state index in [-0.39, 0.29) is 17.6 Å². The Morgan fingerprint density at radius 1 is 0.750 bits per heavy atom. The maximum absolute atomic E-state index is 5.89. The minimum Gasteiger partial charge on any atom is -0.491 e. The number of benzene rings is 2. The van der Waals surface area contributed by atoms with Crippen LogP contribution in [0, 0.1) is 11.3 Å². The first-order valence-corrected chi connectivity index (χ1v) is 12.1. The molecule has 2 atom stereocenters. The first-order valence-electron chi connectivity index (χ1n) is 12.1. The summed E-state index contributed by atoms with van der Waals surface area (Å²) >= 11 is 0. The lowest BCUT2D eigenvalue weighted by Gasteiger charge is -2.45. The first kappa shape index (κ1) is 21.8. The Morgan fingerprint density at radius 2 is 1.16 bits per heavy atom. The van der Waals surface area contributed by atoms with E-state index in [1.165, 1.54) is 36.8 Å². The van der Waals surface area contributed by atoms with Crippen LogP contribution in [0.25, 0.3) is 0 Å². The number of rotatable bonds is 8. The van der Waals surface area contributed by atoms with Crippen molar-refractivity contribution in [2.24, 2.45) is 11.3 Å². The van der Waals surface area contributed by atoms with Gasteiger partial charge < -0.3 is 18.9 Å². The van der Waals surface area contributed by atoms with Crippen LogP contribution in [0.5, 0.6) is 11.5 Å². The number of hydrogen-bond donors (Lipinski definition) is 0. The number of hydrogen-bond acceptors (Lipinski definition) is 4. The molecule has 2 saturated heterocycles. The van der Waals surface area contributed by atoms with Crippen LogP contribution in [0.1, 0.15) is 57.6 Å². The minimum atomic E-state index is 0.0397. The van der Waals surface area contributed by atoms with Crippen molar-refractivity contribution in [3.05, 3.63) is 59.7 Å². The second-order valence-corrected chi connectivity index (χ2v) is 10.8. The summed E-state index contributed by atoms with van der Waals surface area (Å²) in [7, 11) is 0. The van der Waals surface area contributed by atoms with Crippen LogP contribution >= 0.6 is 0 Å². The van der Waals surface area contributed by atoms with E-state index in [4.69, 9.17) is 18.9 Å². The van der Waals surface area contributed by atoms with E-state index in [0.717, 1.165) is 30.6 Å². The highest BCUT2D eigenvalue weighted by atomic mass is 16.6. The number of ether oxygens (including phenoxy) is 4. The van der Waals surface area contributed by atoms with Crippen molar-refractivity contribution in [1.29, 1.82) is 0 Å². The highest BCUT2D eigenvalue weighted by molar-refractivity contribution is 5.44. The van der Waals surface area contributed by atoms with Crippen molar-refractivity contribution >= 4 is 0 Å². The summed E-state index contributed by atoms with van der Waals surface area (Å²) in [6.45, 7) is 10.1. The predicted octanol–water partition coefficient (Wildman–Crippen LogP) is 5.76. The van der Waals surface area contributed by atoms with E-state index in [1.807, 2.05) is 0 Å². The van der Waals surface area contributed by atoms with E-state index in [1.54, 1.807) is 0 Å². The fourth-order valence-electron chi connectivity index (χ4n) is 5.17. The molecule has 2 aromatic carbocycles. The molecule has 0 radical (unpaired) electrons. The minimum absolute atomic E-state index is 0.0397. The van der Waals surface area contributed by atoms with E-state index < -0.39 is 0 Å². The van der Waals surface area contributed by atoms with Crippen molar-refractivity contribution < 1.29 is 18.9 Å². The normalized spacial score (nSPS) is 29.4. The zero-order valence-corrected chi connectivity index (χ0v) is 19.6. The Balaban J connectivity index is 1.37. The van der Waals surface area contributed by atoms with Crippen molar-refractivity contribution in [3.63, 3.8) is 0 Å². The molecule has 2 aromatic rings. The first-order chi connectivity index (χ1) is 15.4. The lowest BCUT2D eigenvalue weighted by atomic mass is 9.59. The van der Waals surface area contributed by atoms with Gasteiger partial charge in [-0.1, -0.05) is 45.0 Å². The molecule has 3 aliphatic rings. The molecule has 4 nitrogen and oxygen atoms in total. The third kappa shape index (κ3) is 4.97. The van der Waals surface area contributed by atoms with Crippen LogP contribution in [0.4, 0.5) is 0 Å². The molecule has 0 N–H and O–H groups in total. The molecule has 32 heavy (non-hydrogen) atoms.